The summed E-state index contributed by atoms with van der Waals surface area (Å²) in [6.45, 7) is 5.48. The van der Waals surface area contributed by atoms with Crippen molar-refractivity contribution in [2.45, 2.75) is 45.9 Å². The van der Waals surface area contributed by atoms with Crippen LogP contribution >= 0.6 is 11.8 Å². The third-order valence-corrected chi connectivity index (χ3v) is 6.03. The number of thioether (sulfide) groups is 1. The van der Waals surface area contributed by atoms with Gasteiger partial charge in [0.1, 0.15) is 11.6 Å². The van der Waals surface area contributed by atoms with Crippen LogP contribution in [-0.2, 0) is 20.9 Å². The van der Waals surface area contributed by atoms with Crippen molar-refractivity contribution in [1.29, 1.82) is 0 Å². The summed E-state index contributed by atoms with van der Waals surface area (Å²) >= 11 is 1.33. The zero-order chi connectivity index (χ0) is 23.5. The number of esters is 1. The Balaban J connectivity index is 1.65. The number of ether oxygens (including phenoxy) is 1. The molecule has 0 saturated carbocycles. The zero-order valence-corrected chi connectivity index (χ0v) is 19.3. The SMILES string of the molecule is CC1=C(C(=O)OC(C)C)[C@H](c2ccccc2F)N2C(CC(=O)NCc3ccco3)=CSC2=N1. The molecule has 0 spiro atoms. The van der Waals surface area contributed by atoms with E-state index in [0.717, 1.165) is 0 Å². The van der Waals surface area contributed by atoms with Gasteiger partial charge in [0, 0.05) is 11.3 Å². The first-order chi connectivity index (χ1) is 15.8. The highest BCUT2D eigenvalue weighted by Gasteiger charge is 2.42. The lowest BCUT2D eigenvalue weighted by Gasteiger charge is -2.36. The summed E-state index contributed by atoms with van der Waals surface area (Å²) in [6.07, 6.45) is 1.22. The van der Waals surface area contributed by atoms with E-state index >= 15 is 0 Å². The number of carbonyl (C=O) groups excluding carboxylic acids is 2. The second-order valence-electron chi connectivity index (χ2n) is 7.90. The Morgan fingerprint density at radius 3 is 2.76 bits per heavy atom. The van der Waals surface area contributed by atoms with Gasteiger partial charge in [0.05, 0.1) is 42.6 Å². The minimum Gasteiger partial charge on any atom is -0.467 e. The summed E-state index contributed by atoms with van der Waals surface area (Å²) in [5, 5.41) is 5.20. The first kappa shape index (κ1) is 22.8. The van der Waals surface area contributed by atoms with Crippen LogP contribution in [0.15, 0.2) is 74.4 Å². The maximum atomic E-state index is 15.0. The van der Waals surface area contributed by atoms with Crippen LogP contribution in [0.1, 0.15) is 44.6 Å². The third-order valence-electron chi connectivity index (χ3n) is 5.14. The van der Waals surface area contributed by atoms with Crippen molar-refractivity contribution in [2.75, 3.05) is 0 Å². The van der Waals surface area contributed by atoms with Gasteiger partial charge in [0.25, 0.3) is 0 Å². The molecule has 172 valence electrons. The van der Waals surface area contributed by atoms with E-state index in [9.17, 15) is 14.0 Å². The normalized spacial score (nSPS) is 17.6. The Bertz CT molecular complexity index is 1150. The molecule has 1 N–H and O–H groups in total. The van der Waals surface area contributed by atoms with Crippen LogP contribution in [0.3, 0.4) is 0 Å². The molecule has 0 unspecified atom stereocenters. The standard InChI is InChI=1S/C24H24FN3O4S/c1-14(2)32-23(30)21-15(3)27-24-28(22(21)18-8-4-5-9-19(18)25)16(13-33-24)11-20(29)26-12-17-7-6-10-31-17/h4-10,13-14,22H,11-12H2,1-3H3,(H,26,29)/t22-/m0/s1. The fourth-order valence-electron chi connectivity index (χ4n) is 3.73. The van der Waals surface area contributed by atoms with E-state index in [0.29, 0.717) is 27.9 Å². The molecule has 33 heavy (non-hydrogen) atoms. The summed E-state index contributed by atoms with van der Waals surface area (Å²) in [5.74, 6) is -0.605. The smallest absolute Gasteiger partial charge is 0.338 e. The fraction of sp³-hybridized carbons (Fsp3) is 0.292. The molecule has 9 heteroatoms. The molecular formula is C24H24FN3O4S. The Labute approximate surface area is 195 Å². The average Bonchev–Trinajstić information content (AvgIpc) is 3.41. The molecule has 2 aliphatic heterocycles. The van der Waals surface area contributed by atoms with E-state index in [4.69, 9.17) is 9.15 Å². The van der Waals surface area contributed by atoms with Crippen LogP contribution in [0.4, 0.5) is 4.39 Å². The summed E-state index contributed by atoms with van der Waals surface area (Å²) in [6, 6.07) is 9.02. The van der Waals surface area contributed by atoms with E-state index in [-0.39, 0.29) is 30.5 Å². The molecule has 1 aromatic heterocycles. The molecule has 2 aromatic rings. The van der Waals surface area contributed by atoms with Gasteiger partial charge in [-0.25, -0.2) is 14.2 Å². The van der Waals surface area contributed by atoms with E-state index in [1.165, 1.54) is 17.8 Å². The van der Waals surface area contributed by atoms with Crippen LogP contribution < -0.4 is 5.32 Å². The highest BCUT2D eigenvalue weighted by atomic mass is 32.2. The minimum atomic E-state index is -0.802. The number of hydrogen-bond acceptors (Lipinski definition) is 7. The second-order valence-corrected chi connectivity index (χ2v) is 8.74. The number of aliphatic imine (C=N–C) groups is 1. The molecule has 0 saturated heterocycles. The van der Waals surface area contributed by atoms with Crippen LogP contribution in [0.25, 0.3) is 0 Å². The van der Waals surface area contributed by atoms with Gasteiger partial charge in [-0.3, -0.25) is 4.79 Å². The number of nitrogens with one attached hydrogen (secondary N) is 1. The number of amides is 1. The van der Waals surface area contributed by atoms with Crippen molar-refractivity contribution in [3.8, 4) is 0 Å². The number of nitrogens with zero attached hydrogens (tertiary/aromatic N) is 2. The lowest BCUT2D eigenvalue weighted by atomic mass is 9.93. The predicted octanol–water partition coefficient (Wildman–Crippen LogP) is 4.65. The molecule has 1 amide bonds. The molecule has 0 fully saturated rings. The number of halogens is 1. The summed E-state index contributed by atoms with van der Waals surface area (Å²) < 4.78 is 25.7. The molecule has 7 nitrogen and oxygen atoms in total. The number of allylic oxidation sites excluding steroid dienone is 1. The third kappa shape index (κ3) is 4.88. The van der Waals surface area contributed by atoms with E-state index in [1.54, 1.807) is 62.3 Å². The number of carbonyl (C=O) groups is 2. The van der Waals surface area contributed by atoms with Crippen molar-refractivity contribution < 1.29 is 23.1 Å². The first-order valence-electron chi connectivity index (χ1n) is 10.5. The van der Waals surface area contributed by atoms with Gasteiger partial charge < -0.3 is 19.4 Å². The molecule has 3 heterocycles. The molecule has 2 aliphatic rings. The monoisotopic (exact) mass is 469 g/mol. The van der Waals surface area contributed by atoms with Gasteiger partial charge in [-0.1, -0.05) is 30.0 Å². The molecular weight excluding hydrogens is 445 g/mol. The Morgan fingerprint density at radius 2 is 2.06 bits per heavy atom. The van der Waals surface area contributed by atoms with Gasteiger partial charge >= 0.3 is 5.97 Å². The number of furan rings is 1. The van der Waals surface area contributed by atoms with Crippen molar-refractivity contribution in [2.24, 2.45) is 4.99 Å². The van der Waals surface area contributed by atoms with Crippen molar-refractivity contribution in [3.05, 3.63) is 82.2 Å². The second kappa shape index (κ2) is 9.66. The molecule has 1 aromatic carbocycles. The van der Waals surface area contributed by atoms with Crippen molar-refractivity contribution >= 4 is 28.8 Å². The Hall–Kier alpha value is -3.33. The number of amidine groups is 1. The molecule has 0 radical (unpaired) electrons. The maximum Gasteiger partial charge on any atom is 0.338 e. The highest BCUT2D eigenvalue weighted by molar-refractivity contribution is 8.16. The quantitative estimate of drug-likeness (QED) is 0.594. The van der Waals surface area contributed by atoms with Crippen LogP contribution in [0, 0.1) is 5.82 Å². The van der Waals surface area contributed by atoms with Gasteiger partial charge in [-0.15, -0.1) is 0 Å². The summed E-state index contributed by atoms with van der Waals surface area (Å²) in [7, 11) is 0. The molecule has 4 rings (SSSR count). The van der Waals surface area contributed by atoms with E-state index in [2.05, 4.69) is 10.3 Å². The van der Waals surface area contributed by atoms with Crippen molar-refractivity contribution in [1.82, 2.24) is 10.2 Å². The van der Waals surface area contributed by atoms with Crippen LogP contribution in [-0.4, -0.2) is 28.0 Å². The van der Waals surface area contributed by atoms with Gasteiger partial charge in [0.2, 0.25) is 5.91 Å². The van der Waals surface area contributed by atoms with Crippen LogP contribution in [0.5, 0.6) is 0 Å². The van der Waals surface area contributed by atoms with Crippen molar-refractivity contribution in [3.63, 3.8) is 0 Å². The molecule has 1 atom stereocenters. The van der Waals surface area contributed by atoms with E-state index in [1.807, 2.05) is 5.41 Å². The van der Waals surface area contributed by atoms with E-state index < -0.39 is 17.8 Å². The summed E-state index contributed by atoms with van der Waals surface area (Å²) in [5.41, 5.74) is 1.64. The number of hydrogen-bond donors (Lipinski definition) is 1. The Morgan fingerprint density at radius 1 is 1.27 bits per heavy atom. The predicted molar refractivity (Wildman–Crippen MR) is 123 cm³/mol. The fourth-order valence-corrected chi connectivity index (χ4v) is 4.69. The topological polar surface area (TPSA) is 84.1 Å². The minimum absolute atomic E-state index is 0.0310. The largest absolute Gasteiger partial charge is 0.467 e. The number of rotatable bonds is 7. The number of fused-ring (bicyclic) bond motifs is 1. The molecule has 0 bridgehead atoms. The first-order valence-corrected chi connectivity index (χ1v) is 11.4. The van der Waals surface area contributed by atoms with Gasteiger partial charge in [0.15, 0.2) is 5.17 Å². The van der Waals surface area contributed by atoms with Gasteiger partial charge in [-0.2, -0.15) is 0 Å². The van der Waals surface area contributed by atoms with Crippen LogP contribution in [0.2, 0.25) is 0 Å². The number of benzene rings is 1. The van der Waals surface area contributed by atoms with Gasteiger partial charge in [-0.05, 0) is 44.4 Å². The highest BCUT2D eigenvalue weighted by Crippen LogP contribution is 2.45. The lowest BCUT2D eigenvalue weighted by Crippen LogP contribution is -2.38. The maximum absolute atomic E-state index is 15.0. The lowest BCUT2D eigenvalue weighted by molar-refractivity contribution is -0.143. The average molecular weight is 470 g/mol. The Kier molecular flexibility index (Phi) is 6.69. The molecule has 0 aliphatic carbocycles. The zero-order valence-electron chi connectivity index (χ0n) is 18.5. The summed E-state index contributed by atoms with van der Waals surface area (Å²) in [4.78, 5) is 32.0.